The van der Waals surface area contributed by atoms with E-state index in [0.29, 0.717) is 17.7 Å². The Balaban J connectivity index is 2.02. The van der Waals surface area contributed by atoms with Crippen molar-refractivity contribution in [1.82, 2.24) is 0 Å². The number of nitrogens with two attached hydrogens (primary N) is 1. The number of carbonyl (C=O) groups excluding carboxylic acids is 1. The van der Waals surface area contributed by atoms with Crippen LogP contribution in [0.2, 0.25) is 0 Å². The van der Waals surface area contributed by atoms with E-state index in [0.717, 1.165) is 19.3 Å². The van der Waals surface area contributed by atoms with Crippen LogP contribution in [0, 0.1) is 17.0 Å². The minimum absolute atomic E-state index is 0.0183. The minimum Gasteiger partial charge on any atom is -0.326 e. The fraction of sp³-hybridized carbons (Fsp3) is 0.462. The molecule has 102 valence electrons. The number of nitro groups is 1. The van der Waals surface area contributed by atoms with Gasteiger partial charge in [-0.3, -0.25) is 14.9 Å². The lowest BCUT2D eigenvalue weighted by Crippen LogP contribution is -2.48. The molecular formula is C13H17N3O3. The molecule has 0 saturated heterocycles. The van der Waals surface area contributed by atoms with Crippen LogP contribution in [0.15, 0.2) is 18.2 Å². The van der Waals surface area contributed by atoms with Crippen molar-refractivity contribution in [3.8, 4) is 0 Å². The minimum atomic E-state index is -0.457. The number of non-ortho nitro benzene ring substituents is 1. The van der Waals surface area contributed by atoms with E-state index in [-0.39, 0.29) is 17.1 Å². The molecule has 2 rings (SSSR count). The maximum atomic E-state index is 11.9. The summed E-state index contributed by atoms with van der Waals surface area (Å²) in [5, 5.41) is 13.4. The molecule has 1 aromatic carbocycles. The van der Waals surface area contributed by atoms with Gasteiger partial charge in [0.1, 0.15) is 0 Å². The van der Waals surface area contributed by atoms with Gasteiger partial charge < -0.3 is 11.1 Å². The molecule has 19 heavy (non-hydrogen) atoms. The third-order valence-corrected chi connectivity index (χ3v) is 3.56. The number of anilines is 1. The Morgan fingerprint density at radius 3 is 2.68 bits per heavy atom. The van der Waals surface area contributed by atoms with Gasteiger partial charge in [-0.15, -0.1) is 0 Å². The predicted molar refractivity (Wildman–Crippen MR) is 71.8 cm³/mol. The van der Waals surface area contributed by atoms with Crippen molar-refractivity contribution >= 4 is 17.3 Å². The summed E-state index contributed by atoms with van der Waals surface area (Å²) in [6.45, 7) is 1.73. The van der Waals surface area contributed by atoms with E-state index in [1.807, 2.05) is 0 Å². The molecule has 0 radical (unpaired) electrons. The lowest BCUT2D eigenvalue weighted by Gasteiger charge is -2.37. The fourth-order valence-corrected chi connectivity index (χ4v) is 2.22. The first-order valence-electron chi connectivity index (χ1n) is 6.23. The zero-order valence-electron chi connectivity index (χ0n) is 10.8. The second-order valence-electron chi connectivity index (χ2n) is 5.20. The van der Waals surface area contributed by atoms with Crippen molar-refractivity contribution in [3.05, 3.63) is 33.9 Å². The summed E-state index contributed by atoms with van der Waals surface area (Å²) in [6, 6.07) is 4.37. The number of nitro benzene ring substituents is 1. The van der Waals surface area contributed by atoms with Crippen LogP contribution in [0.4, 0.5) is 11.4 Å². The first-order chi connectivity index (χ1) is 8.89. The maximum absolute atomic E-state index is 11.9. The molecule has 1 saturated carbocycles. The van der Waals surface area contributed by atoms with Crippen molar-refractivity contribution in [2.75, 3.05) is 5.32 Å². The monoisotopic (exact) mass is 263 g/mol. The maximum Gasteiger partial charge on any atom is 0.269 e. The number of aryl methyl sites for hydroxylation is 1. The fourth-order valence-electron chi connectivity index (χ4n) is 2.22. The largest absolute Gasteiger partial charge is 0.326 e. The topological polar surface area (TPSA) is 98.3 Å². The molecular weight excluding hydrogens is 246 g/mol. The summed E-state index contributed by atoms with van der Waals surface area (Å²) in [5.41, 5.74) is 6.93. The summed E-state index contributed by atoms with van der Waals surface area (Å²) in [5.74, 6) is -0.140. The molecule has 6 nitrogen and oxygen atoms in total. The molecule has 0 atom stereocenters. The SMILES string of the molecule is Cc1cc([N+](=O)[O-])ccc1NC(=O)CC1(N)CCC1. The third kappa shape index (κ3) is 3.08. The summed E-state index contributed by atoms with van der Waals surface area (Å²) in [4.78, 5) is 22.0. The highest BCUT2D eigenvalue weighted by Crippen LogP contribution is 2.32. The number of nitrogens with one attached hydrogen (secondary N) is 1. The predicted octanol–water partition coefficient (Wildman–Crippen LogP) is 2.11. The molecule has 3 N–H and O–H groups in total. The quantitative estimate of drug-likeness (QED) is 0.642. The van der Waals surface area contributed by atoms with Gasteiger partial charge in [-0.1, -0.05) is 0 Å². The lowest BCUT2D eigenvalue weighted by atomic mass is 9.75. The van der Waals surface area contributed by atoms with Gasteiger partial charge in [0.25, 0.3) is 5.69 Å². The number of benzene rings is 1. The number of hydrogen-bond donors (Lipinski definition) is 2. The van der Waals surface area contributed by atoms with Crippen molar-refractivity contribution in [3.63, 3.8) is 0 Å². The van der Waals surface area contributed by atoms with Crippen LogP contribution in [-0.4, -0.2) is 16.4 Å². The van der Waals surface area contributed by atoms with Crippen molar-refractivity contribution < 1.29 is 9.72 Å². The number of carbonyl (C=O) groups is 1. The van der Waals surface area contributed by atoms with Gasteiger partial charge in [-0.25, -0.2) is 0 Å². The summed E-state index contributed by atoms with van der Waals surface area (Å²) in [6.07, 6.45) is 3.11. The van der Waals surface area contributed by atoms with E-state index in [1.165, 1.54) is 12.1 Å². The average Bonchev–Trinajstić information content (AvgIpc) is 2.29. The summed E-state index contributed by atoms with van der Waals surface area (Å²) in [7, 11) is 0. The van der Waals surface area contributed by atoms with Crippen LogP contribution in [0.5, 0.6) is 0 Å². The van der Waals surface area contributed by atoms with Gasteiger partial charge in [0.05, 0.1) is 4.92 Å². The number of amides is 1. The van der Waals surface area contributed by atoms with Gasteiger partial charge in [0.15, 0.2) is 0 Å². The van der Waals surface area contributed by atoms with E-state index in [4.69, 9.17) is 5.73 Å². The van der Waals surface area contributed by atoms with Crippen molar-refractivity contribution in [1.29, 1.82) is 0 Å². The Kier molecular flexibility index (Phi) is 3.53. The number of rotatable bonds is 4. The van der Waals surface area contributed by atoms with Gasteiger partial charge in [-0.05, 0) is 37.8 Å². The van der Waals surface area contributed by atoms with E-state index < -0.39 is 4.92 Å². The Labute approximate surface area is 111 Å². The van der Waals surface area contributed by atoms with E-state index in [2.05, 4.69) is 5.32 Å². The molecule has 1 fully saturated rings. The highest BCUT2D eigenvalue weighted by Gasteiger charge is 2.34. The Morgan fingerprint density at radius 1 is 1.53 bits per heavy atom. The average molecular weight is 263 g/mol. The molecule has 0 unspecified atom stereocenters. The van der Waals surface area contributed by atoms with Gasteiger partial charge in [0.2, 0.25) is 5.91 Å². The van der Waals surface area contributed by atoms with Crippen LogP contribution in [-0.2, 0) is 4.79 Å². The Morgan fingerprint density at radius 2 is 2.21 bits per heavy atom. The second-order valence-corrected chi connectivity index (χ2v) is 5.20. The summed E-state index contributed by atoms with van der Waals surface area (Å²) < 4.78 is 0. The number of hydrogen-bond acceptors (Lipinski definition) is 4. The van der Waals surface area contributed by atoms with Gasteiger partial charge in [-0.2, -0.15) is 0 Å². The smallest absolute Gasteiger partial charge is 0.269 e. The highest BCUT2D eigenvalue weighted by molar-refractivity contribution is 5.92. The van der Waals surface area contributed by atoms with E-state index >= 15 is 0 Å². The van der Waals surface area contributed by atoms with Crippen LogP contribution >= 0.6 is 0 Å². The van der Waals surface area contributed by atoms with E-state index in [9.17, 15) is 14.9 Å². The first kappa shape index (κ1) is 13.5. The second kappa shape index (κ2) is 4.97. The van der Waals surface area contributed by atoms with Crippen LogP contribution in [0.25, 0.3) is 0 Å². The van der Waals surface area contributed by atoms with Crippen molar-refractivity contribution in [2.45, 2.75) is 38.1 Å². The van der Waals surface area contributed by atoms with Gasteiger partial charge >= 0.3 is 0 Å². The standard InChI is InChI=1S/C13H17N3O3/c1-9-7-10(16(18)19)3-4-11(9)15-12(17)8-13(14)5-2-6-13/h3-4,7H,2,5-6,8,14H2,1H3,(H,15,17). The zero-order chi connectivity index (χ0) is 14.0. The molecule has 1 aliphatic carbocycles. The third-order valence-electron chi connectivity index (χ3n) is 3.56. The molecule has 1 amide bonds. The zero-order valence-corrected chi connectivity index (χ0v) is 10.8. The Bertz CT molecular complexity index is 524. The Hall–Kier alpha value is -1.95. The molecule has 1 aromatic rings. The molecule has 0 bridgehead atoms. The molecule has 0 aliphatic heterocycles. The van der Waals surface area contributed by atoms with E-state index in [1.54, 1.807) is 13.0 Å². The molecule has 0 aromatic heterocycles. The van der Waals surface area contributed by atoms with Crippen LogP contribution in [0.1, 0.15) is 31.2 Å². The van der Waals surface area contributed by atoms with Crippen LogP contribution in [0.3, 0.4) is 0 Å². The number of nitrogens with zero attached hydrogens (tertiary/aromatic N) is 1. The molecule has 6 heteroatoms. The van der Waals surface area contributed by atoms with Gasteiger partial charge in [0, 0.05) is 29.8 Å². The van der Waals surface area contributed by atoms with Crippen molar-refractivity contribution in [2.24, 2.45) is 5.73 Å². The van der Waals surface area contributed by atoms with Crippen LogP contribution < -0.4 is 11.1 Å². The molecule has 0 heterocycles. The normalized spacial score (nSPS) is 16.5. The molecule has 1 aliphatic rings. The molecule has 0 spiro atoms. The summed E-state index contributed by atoms with van der Waals surface area (Å²) >= 11 is 0. The first-order valence-corrected chi connectivity index (χ1v) is 6.23. The lowest BCUT2D eigenvalue weighted by molar-refractivity contribution is -0.384. The highest BCUT2D eigenvalue weighted by atomic mass is 16.6.